The van der Waals surface area contributed by atoms with Crippen molar-refractivity contribution in [1.29, 1.82) is 0 Å². The molecule has 2 aromatic carbocycles. The fraction of sp³-hybridized carbons (Fsp3) is 0.483. The summed E-state index contributed by atoms with van der Waals surface area (Å²) in [6.45, 7) is 11.1. The number of rotatable bonds is 7. The van der Waals surface area contributed by atoms with Gasteiger partial charge in [-0.05, 0) is 49.4 Å². The van der Waals surface area contributed by atoms with Gasteiger partial charge in [-0.3, -0.25) is 0 Å². The van der Waals surface area contributed by atoms with Gasteiger partial charge in [-0.2, -0.15) is 0 Å². The highest BCUT2D eigenvalue weighted by molar-refractivity contribution is 5.43. The van der Waals surface area contributed by atoms with Crippen LogP contribution in [0.15, 0.2) is 60.7 Å². The van der Waals surface area contributed by atoms with Crippen LogP contribution in [0.2, 0.25) is 0 Å². The average Bonchev–Trinajstić information content (AvgIpc) is 2.82. The third-order valence-corrected chi connectivity index (χ3v) is 5.17. The number of ether oxygens (including phenoxy) is 1. The Morgan fingerprint density at radius 1 is 0.867 bits per heavy atom. The second kappa shape index (κ2) is 16.7. The molecule has 0 spiro atoms. The van der Waals surface area contributed by atoms with E-state index in [9.17, 15) is 0 Å². The topological polar surface area (TPSA) is 9.23 Å². The summed E-state index contributed by atoms with van der Waals surface area (Å²) in [7, 11) is 0. The first-order chi connectivity index (χ1) is 14.8. The van der Waals surface area contributed by atoms with Crippen LogP contribution in [0.4, 0.5) is 0 Å². The first-order valence-corrected chi connectivity index (χ1v) is 12.0. The first kappa shape index (κ1) is 26.0. The Hall–Kier alpha value is -2.02. The van der Waals surface area contributed by atoms with Gasteiger partial charge in [-0.15, -0.1) is 0 Å². The van der Waals surface area contributed by atoms with Crippen LogP contribution < -0.4 is 4.74 Å². The van der Waals surface area contributed by atoms with Crippen molar-refractivity contribution in [2.24, 2.45) is 0 Å². The third-order valence-electron chi connectivity index (χ3n) is 5.17. The average molecular weight is 408 g/mol. The Labute approximate surface area is 186 Å². The molecular formula is C29H43O. The summed E-state index contributed by atoms with van der Waals surface area (Å²) in [5.41, 5.74) is 3.80. The molecule has 165 valence electrons. The molecule has 1 fully saturated rings. The Balaban J connectivity index is 0.000000474. The molecule has 0 N–H and O–H groups in total. The molecule has 2 aromatic rings. The van der Waals surface area contributed by atoms with Crippen molar-refractivity contribution in [3.05, 3.63) is 83.8 Å². The van der Waals surface area contributed by atoms with E-state index in [4.69, 9.17) is 4.74 Å². The minimum Gasteiger partial charge on any atom is -0.493 e. The molecule has 1 heteroatoms. The summed E-state index contributed by atoms with van der Waals surface area (Å²) in [6.07, 6.45) is 16.5. The van der Waals surface area contributed by atoms with Crippen LogP contribution >= 0.6 is 0 Å². The normalized spacial score (nSPS) is 14.2. The van der Waals surface area contributed by atoms with Crippen molar-refractivity contribution >= 4 is 0 Å². The van der Waals surface area contributed by atoms with E-state index in [1.165, 1.54) is 55.2 Å². The van der Waals surface area contributed by atoms with E-state index in [2.05, 4.69) is 81.0 Å². The summed E-state index contributed by atoms with van der Waals surface area (Å²) >= 11 is 0. The maximum atomic E-state index is 5.78. The number of benzene rings is 2. The molecule has 1 nitrogen and oxygen atoms in total. The lowest BCUT2D eigenvalue weighted by molar-refractivity contribution is 0.315. The lowest BCUT2D eigenvalue weighted by atomic mass is 9.87. The number of allylic oxidation sites excluding steroid dienone is 2. The molecule has 1 aliphatic rings. The van der Waals surface area contributed by atoms with Gasteiger partial charge in [-0.1, -0.05) is 114 Å². The molecule has 1 radical (unpaired) electrons. The van der Waals surface area contributed by atoms with Gasteiger partial charge >= 0.3 is 0 Å². The van der Waals surface area contributed by atoms with Crippen LogP contribution in [0.1, 0.15) is 95.2 Å². The molecule has 3 rings (SSSR count). The van der Waals surface area contributed by atoms with Crippen molar-refractivity contribution in [2.45, 2.75) is 85.5 Å². The predicted octanol–water partition coefficient (Wildman–Crippen LogP) is 9.06. The highest BCUT2D eigenvalue weighted by Crippen LogP contribution is 2.31. The van der Waals surface area contributed by atoms with Crippen LogP contribution in [0, 0.1) is 13.3 Å². The highest BCUT2D eigenvalue weighted by atomic mass is 16.5. The van der Waals surface area contributed by atoms with E-state index < -0.39 is 0 Å². The van der Waals surface area contributed by atoms with E-state index >= 15 is 0 Å². The summed E-state index contributed by atoms with van der Waals surface area (Å²) in [4.78, 5) is 0. The number of aryl methyl sites for hydroxylation is 1. The van der Waals surface area contributed by atoms with Gasteiger partial charge < -0.3 is 4.74 Å². The molecule has 0 bridgehead atoms. The van der Waals surface area contributed by atoms with Crippen molar-refractivity contribution < 1.29 is 4.74 Å². The molecule has 0 aliphatic heterocycles. The molecule has 1 atom stereocenters. The molecule has 0 heterocycles. The minimum atomic E-state index is 0.274. The standard InChI is InChI=1S/C21H25O.C6H12.C2H6/c1-4-6-12-20(18-10-8-7-9-11-18)19-13-14-21(17(3)16-19)22-15-5-2;1-2-4-6-5-3-1;1-2/h4,6-14,16,20H,5,15H2,1-3H3;1-6H2;1-2H3/b6-4+;;. The van der Waals surface area contributed by atoms with Crippen molar-refractivity contribution in [1.82, 2.24) is 0 Å². The number of hydrogen-bond acceptors (Lipinski definition) is 1. The lowest BCUT2D eigenvalue weighted by Gasteiger charge is -2.18. The second-order valence-electron chi connectivity index (χ2n) is 7.60. The van der Waals surface area contributed by atoms with Crippen molar-refractivity contribution in [3.8, 4) is 5.75 Å². The molecular weight excluding hydrogens is 364 g/mol. The van der Waals surface area contributed by atoms with Gasteiger partial charge in [0.25, 0.3) is 0 Å². The van der Waals surface area contributed by atoms with Gasteiger partial charge in [0.1, 0.15) is 5.75 Å². The lowest BCUT2D eigenvalue weighted by Crippen LogP contribution is -2.03. The van der Waals surface area contributed by atoms with Crippen molar-refractivity contribution in [2.75, 3.05) is 6.61 Å². The largest absolute Gasteiger partial charge is 0.493 e. The highest BCUT2D eigenvalue weighted by Gasteiger charge is 2.14. The maximum absolute atomic E-state index is 5.78. The van der Waals surface area contributed by atoms with E-state index in [1.807, 2.05) is 20.8 Å². The van der Waals surface area contributed by atoms with Gasteiger partial charge in [-0.25, -0.2) is 0 Å². The Kier molecular flexibility index (Phi) is 14.5. The molecule has 1 aliphatic carbocycles. The van der Waals surface area contributed by atoms with Crippen LogP contribution in [0.3, 0.4) is 0 Å². The Morgan fingerprint density at radius 2 is 1.47 bits per heavy atom. The second-order valence-corrected chi connectivity index (χ2v) is 7.60. The minimum absolute atomic E-state index is 0.274. The first-order valence-electron chi connectivity index (χ1n) is 12.0. The maximum Gasteiger partial charge on any atom is 0.122 e. The predicted molar refractivity (Wildman–Crippen MR) is 133 cm³/mol. The van der Waals surface area contributed by atoms with Gasteiger partial charge in [0.15, 0.2) is 0 Å². The quantitative estimate of drug-likeness (QED) is 0.444. The van der Waals surface area contributed by atoms with Crippen molar-refractivity contribution in [3.63, 3.8) is 0 Å². The third kappa shape index (κ3) is 9.65. The smallest absolute Gasteiger partial charge is 0.122 e. The van der Waals surface area contributed by atoms with Crippen LogP contribution in [0.5, 0.6) is 5.75 Å². The molecule has 0 saturated heterocycles. The molecule has 1 unspecified atom stereocenters. The van der Waals surface area contributed by atoms with Crippen LogP contribution in [-0.4, -0.2) is 6.61 Å². The van der Waals surface area contributed by atoms with Crippen LogP contribution in [0.25, 0.3) is 0 Å². The van der Waals surface area contributed by atoms with Gasteiger partial charge in [0, 0.05) is 5.92 Å². The number of hydrogen-bond donors (Lipinski definition) is 0. The monoisotopic (exact) mass is 407 g/mol. The van der Waals surface area contributed by atoms with Crippen LogP contribution in [-0.2, 0) is 0 Å². The fourth-order valence-electron chi connectivity index (χ4n) is 3.60. The fourth-order valence-corrected chi connectivity index (χ4v) is 3.60. The molecule has 0 aromatic heterocycles. The summed E-state index contributed by atoms with van der Waals surface area (Å²) < 4.78 is 5.78. The zero-order valence-electron chi connectivity index (χ0n) is 20.0. The zero-order chi connectivity index (χ0) is 22.0. The molecule has 30 heavy (non-hydrogen) atoms. The SMILES string of the molecule is C/C=C/[CH]C(c1ccccc1)c1ccc(OCCC)c(C)c1.C1CCCCC1.CC. The zero-order valence-corrected chi connectivity index (χ0v) is 20.0. The Bertz CT molecular complexity index is 671. The summed E-state index contributed by atoms with van der Waals surface area (Å²) in [5.74, 6) is 1.26. The Morgan fingerprint density at radius 3 is 1.97 bits per heavy atom. The summed E-state index contributed by atoms with van der Waals surface area (Å²) in [6, 6.07) is 17.1. The van der Waals surface area contributed by atoms with E-state index in [0.717, 1.165) is 18.8 Å². The van der Waals surface area contributed by atoms with Gasteiger partial charge in [0.05, 0.1) is 6.61 Å². The molecule has 0 amide bonds. The summed E-state index contributed by atoms with van der Waals surface area (Å²) in [5, 5.41) is 0. The molecule has 1 saturated carbocycles. The van der Waals surface area contributed by atoms with E-state index in [0.29, 0.717) is 0 Å². The van der Waals surface area contributed by atoms with Gasteiger partial charge in [0.2, 0.25) is 0 Å². The van der Waals surface area contributed by atoms with E-state index in [1.54, 1.807) is 0 Å². The van der Waals surface area contributed by atoms with E-state index in [-0.39, 0.29) is 5.92 Å².